The number of hydrogen-bond acceptors (Lipinski definition) is 6. The van der Waals surface area contributed by atoms with Gasteiger partial charge in [0.15, 0.2) is 0 Å². The van der Waals surface area contributed by atoms with E-state index in [4.69, 9.17) is 0 Å². The maximum absolute atomic E-state index is 12.3. The van der Waals surface area contributed by atoms with Crippen LogP contribution in [0.4, 0.5) is 0 Å². The lowest BCUT2D eigenvalue weighted by molar-refractivity contribution is 0.0861. The van der Waals surface area contributed by atoms with Gasteiger partial charge in [0.2, 0.25) is 11.8 Å². The lowest BCUT2D eigenvalue weighted by Gasteiger charge is -2.02. The highest BCUT2D eigenvalue weighted by atomic mass is 16.2. The monoisotopic (exact) mass is 334 g/mol. The molecule has 0 saturated carbocycles. The fraction of sp³-hybridized carbons (Fsp3) is 0.176. The Balaban J connectivity index is 1.42. The highest BCUT2D eigenvalue weighted by Crippen LogP contribution is 2.13. The summed E-state index contributed by atoms with van der Waals surface area (Å²) in [6.45, 7) is 0. The second kappa shape index (κ2) is 6.23. The molecule has 2 heterocycles. The zero-order valence-corrected chi connectivity index (χ0v) is 13.2. The molecule has 0 unspecified atom stereocenters. The van der Waals surface area contributed by atoms with Gasteiger partial charge in [-0.2, -0.15) is 9.36 Å². The van der Waals surface area contributed by atoms with Crippen molar-refractivity contribution in [1.29, 1.82) is 0 Å². The molecule has 0 radical (unpaired) electrons. The van der Waals surface area contributed by atoms with Crippen LogP contribution < -0.4 is 0 Å². The molecule has 0 spiro atoms. The second-order valence-electron chi connectivity index (χ2n) is 5.62. The first kappa shape index (κ1) is 15.1. The van der Waals surface area contributed by atoms with Gasteiger partial charge >= 0.3 is 0 Å². The van der Waals surface area contributed by atoms with Crippen molar-refractivity contribution in [2.45, 2.75) is 19.3 Å². The largest absolute Gasteiger partial charge is 0.273 e. The van der Waals surface area contributed by atoms with Crippen molar-refractivity contribution in [3.63, 3.8) is 0 Å². The summed E-state index contributed by atoms with van der Waals surface area (Å²) in [5.74, 6) is -0.380. The van der Waals surface area contributed by atoms with Crippen LogP contribution in [0.2, 0.25) is 0 Å². The van der Waals surface area contributed by atoms with Crippen molar-refractivity contribution in [3.05, 3.63) is 48.5 Å². The van der Waals surface area contributed by atoms with Crippen molar-refractivity contribution in [3.8, 4) is 0 Å². The summed E-state index contributed by atoms with van der Waals surface area (Å²) in [4.78, 5) is 24.6. The molecule has 2 aromatic heterocycles. The predicted octanol–water partition coefficient (Wildman–Crippen LogP) is 2.33. The van der Waals surface area contributed by atoms with Crippen molar-refractivity contribution >= 4 is 33.9 Å². The maximum atomic E-state index is 12.3. The predicted molar refractivity (Wildman–Crippen MR) is 90.2 cm³/mol. The van der Waals surface area contributed by atoms with E-state index in [1.165, 1.54) is 9.36 Å². The van der Waals surface area contributed by atoms with E-state index in [-0.39, 0.29) is 24.7 Å². The van der Waals surface area contributed by atoms with E-state index in [0.29, 0.717) is 28.5 Å². The van der Waals surface area contributed by atoms with Gasteiger partial charge in [0.05, 0.1) is 11.0 Å². The molecule has 124 valence electrons. The van der Waals surface area contributed by atoms with Crippen LogP contribution in [0.1, 0.15) is 28.9 Å². The lowest BCUT2D eigenvalue weighted by atomic mass is 10.2. The van der Waals surface area contributed by atoms with E-state index in [9.17, 15) is 9.59 Å². The smallest absolute Gasteiger partial charge is 0.248 e. The summed E-state index contributed by atoms with van der Waals surface area (Å²) in [7, 11) is 0. The van der Waals surface area contributed by atoms with E-state index in [2.05, 4.69) is 20.6 Å². The summed E-state index contributed by atoms with van der Waals surface area (Å²) >= 11 is 0. The van der Waals surface area contributed by atoms with E-state index >= 15 is 0 Å². The van der Waals surface area contributed by atoms with Crippen molar-refractivity contribution in [1.82, 2.24) is 30.0 Å². The third-order valence-electron chi connectivity index (χ3n) is 3.96. The van der Waals surface area contributed by atoms with Gasteiger partial charge in [-0.3, -0.25) is 9.59 Å². The van der Waals surface area contributed by atoms with E-state index in [0.717, 1.165) is 0 Å². The molecule has 0 amide bonds. The zero-order chi connectivity index (χ0) is 17.2. The topological polar surface area (TPSA) is 95.6 Å². The zero-order valence-electron chi connectivity index (χ0n) is 13.2. The molecular formula is C17H14N6O2. The molecule has 0 N–H and O–H groups in total. The molecular weight excluding hydrogens is 320 g/mol. The van der Waals surface area contributed by atoms with Gasteiger partial charge in [-0.1, -0.05) is 34.7 Å². The van der Waals surface area contributed by atoms with Gasteiger partial charge in [-0.15, -0.1) is 10.2 Å². The Morgan fingerprint density at radius 3 is 1.64 bits per heavy atom. The molecule has 25 heavy (non-hydrogen) atoms. The first-order chi connectivity index (χ1) is 12.2. The van der Waals surface area contributed by atoms with Gasteiger partial charge < -0.3 is 0 Å². The van der Waals surface area contributed by atoms with Crippen molar-refractivity contribution in [2.24, 2.45) is 0 Å². The average Bonchev–Trinajstić information content (AvgIpc) is 3.26. The van der Waals surface area contributed by atoms with Crippen LogP contribution in [0.25, 0.3) is 22.1 Å². The fourth-order valence-corrected chi connectivity index (χ4v) is 2.71. The Morgan fingerprint density at radius 2 is 1.16 bits per heavy atom. The summed E-state index contributed by atoms with van der Waals surface area (Å²) in [6.07, 6.45) is 0.803. The number of rotatable bonds is 4. The number of benzene rings is 2. The van der Waals surface area contributed by atoms with Crippen molar-refractivity contribution < 1.29 is 9.59 Å². The van der Waals surface area contributed by atoms with E-state index in [1.54, 1.807) is 24.3 Å². The molecule has 0 aliphatic carbocycles. The van der Waals surface area contributed by atoms with Crippen LogP contribution in [0.15, 0.2) is 48.5 Å². The minimum atomic E-state index is -0.190. The lowest BCUT2D eigenvalue weighted by Crippen LogP contribution is -2.15. The van der Waals surface area contributed by atoms with E-state index < -0.39 is 0 Å². The van der Waals surface area contributed by atoms with E-state index in [1.807, 2.05) is 24.3 Å². The number of aromatic nitrogens is 6. The minimum absolute atomic E-state index is 0.190. The number of carbonyl (C=O) groups excluding carboxylic acids is 2. The van der Waals surface area contributed by atoms with Gasteiger partial charge in [0.1, 0.15) is 11.0 Å². The first-order valence-corrected chi connectivity index (χ1v) is 7.91. The fourth-order valence-electron chi connectivity index (χ4n) is 2.71. The Hall–Kier alpha value is -3.42. The third-order valence-corrected chi connectivity index (χ3v) is 3.96. The molecule has 8 heteroatoms. The van der Waals surface area contributed by atoms with Crippen LogP contribution in [0.3, 0.4) is 0 Å². The van der Waals surface area contributed by atoms with Crippen molar-refractivity contribution in [2.75, 3.05) is 0 Å². The Morgan fingerprint density at radius 1 is 0.720 bits per heavy atom. The summed E-state index contributed by atoms with van der Waals surface area (Å²) in [6, 6.07) is 14.5. The van der Waals surface area contributed by atoms with Crippen LogP contribution in [-0.2, 0) is 0 Å². The second-order valence-corrected chi connectivity index (χ2v) is 5.62. The molecule has 0 saturated heterocycles. The molecule has 0 aliphatic heterocycles. The van der Waals surface area contributed by atoms with Gasteiger partial charge in [0.25, 0.3) is 0 Å². The highest BCUT2D eigenvalue weighted by Gasteiger charge is 2.14. The third kappa shape index (κ3) is 2.78. The normalized spacial score (nSPS) is 11.2. The van der Waals surface area contributed by atoms with Gasteiger partial charge in [-0.05, 0) is 30.7 Å². The van der Waals surface area contributed by atoms with Crippen LogP contribution >= 0.6 is 0 Å². The molecule has 4 aromatic rings. The van der Waals surface area contributed by atoms with Gasteiger partial charge in [0, 0.05) is 12.8 Å². The van der Waals surface area contributed by atoms with Crippen LogP contribution in [-0.4, -0.2) is 41.8 Å². The highest BCUT2D eigenvalue weighted by molar-refractivity contribution is 5.90. The first-order valence-electron chi connectivity index (χ1n) is 7.91. The molecule has 0 aliphatic rings. The standard InChI is InChI=1S/C17H14N6O2/c24-16(22-14-8-3-1-6-12(14)18-20-22)10-5-11-17(25)23-15-9-4-2-7-13(15)19-21-23/h1-4,6-9H,5,10-11H2. The molecule has 0 fully saturated rings. The van der Waals surface area contributed by atoms with Crippen LogP contribution in [0, 0.1) is 0 Å². The van der Waals surface area contributed by atoms with Crippen LogP contribution in [0.5, 0.6) is 0 Å². The number of nitrogens with zero attached hydrogens (tertiary/aromatic N) is 6. The quantitative estimate of drug-likeness (QED) is 0.568. The minimum Gasteiger partial charge on any atom is -0.273 e. The summed E-state index contributed by atoms with van der Waals surface area (Å²) in [5, 5.41) is 15.7. The number of carbonyl (C=O) groups is 2. The molecule has 0 atom stereocenters. The Kier molecular flexibility index (Phi) is 3.77. The number of para-hydroxylation sites is 2. The summed E-state index contributed by atoms with van der Waals surface area (Å²) in [5.41, 5.74) is 2.67. The number of fused-ring (bicyclic) bond motifs is 2. The van der Waals surface area contributed by atoms with Gasteiger partial charge in [-0.25, -0.2) is 0 Å². The Bertz CT molecular complexity index is 995. The SMILES string of the molecule is O=C(CCCC(=O)n1nnc2ccccc21)n1nnc2ccccc21. The summed E-state index contributed by atoms with van der Waals surface area (Å²) < 4.78 is 2.56. The average molecular weight is 334 g/mol. The molecule has 8 nitrogen and oxygen atoms in total. The molecule has 4 rings (SSSR count). The maximum Gasteiger partial charge on any atom is 0.248 e. The Labute approximate surface area is 142 Å². The number of hydrogen-bond donors (Lipinski definition) is 0. The molecule has 0 bridgehead atoms. The molecule has 2 aromatic carbocycles.